The zero-order chi connectivity index (χ0) is 13.3. The van der Waals surface area contributed by atoms with E-state index in [-0.39, 0.29) is 6.03 Å². The van der Waals surface area contributed by atoms with Crippen LogP contribution in [0.3, 0.4) is 0 Å². The standard InChI is InChI=1S/C13H22N4O/c1-5-16(6-2)13(18)17-8-7-11-10(3)14-15(4)12(11)9-17/h5-9H2,1-4H3. The molecular formula is C13H22N4O. The van der Waals surface area contributed by atoms with Crippen molar-refractivity contribution in [1.29, 1.82) is 0 Å². The third-order valence-electron chi connectivity index (χ3n) is 3.75. The van der Waals surface area contributed by atoms with Crippen LogP contribution >= 0.6 is 0 Å². The van der Waals surface area contributed by atoms with Crippen molar-refractivity contribution < 1.29 is 4.79 Å². The van der Waals surface area contributed by atoms with Crippen LogP contribution in [0.1, 0.15) is 30.8 Å². The summed E-state index contributed by atoms with van der Waals surface area (Å²) in [5.41, 5.74) is 3.60. The van der Waals surface area contributed by atoms with Crippen molar-refractivity contribution in [3.05, 3.63) is 17.0 Å². The van der Waals surface area contributed by atoms with Gasteiger partial charge < -0.3 is 9.80 Å². The van der Waals surface area contributed by atoms with E-state index in [2.05, 4.69) is 5.10 Å². The lowest BCUT2D eigenvalue weighted by molar-refractivity contribution is 0.151. The van der Waals surface area contributed by atoms with Gasteiger partial charge >= 0.3 is 6.03 Å². The second-order valence-electron chi connectivity index (χ2n) is 4.76. The first kappa shape index (κ1) is 12.9. The van der Waals surface area contributed by atoms with E-state index >= 15 is 0 Å². The highest BCUT2D eigenvalue weighted by Gasteiger charge is 2.27. The Labute approximate surface area is 108 Å². The molecule has 18 heavy (non-hydrogen) atoms. The van der Waals surface area contributed by atoms with Crippen LogP contribution < -0.4 is 0 Å². The first-order valence-corrected chi connectivity index (χ1v) is 6.63. The highest BCUT2D eigenvalue weighted by Crippen LogP contribution is 2.22. The largest absolute Gasteiger partial charge is 0.325 e. The van der Waals surface area contributed by atoms with Gasteiger partial charge in [-0.05, 0) is 32.8 Å². The molecule has 0 saturated carbocycles. The molecule has 100 valence electrons. The number of carbonyl (C=O) groups is 1. The van der Waals surface area contributed by atoms with Crippen LogP contribution in [0.5, 0.6) is 0 Å². The summed E-state index contributed by atoms with van der Waals surface area (Å²) in [6, 6.07) is 0.143. The molecule has 2 amide bonds. The predicted molar refractivity (Wildman–Crippen MR) is 70.4 cm³/mol. The minimum atomic E-state index is 0.143. The Morgan fingerprint density at radius 1 is 1.39 bits per heavy atom. The molecule has 5 heteroatoms. The summed E-state index contributed by atoms with van der Waals surface area (Å²) in [6.07, 6.45) is 0.919. The van der Waals surface area contributed by atoms with Crippen LogP contribution in [0, 0.1) is 6.92 Å². The maximum Gasteiger partial charge on any atom is 0.320 e. The first-order chi connectivity index (χ1) is 8.58. The van der Waals surface area contributed by atoms with E-state index in [0.29, 0.717) is 6.54 Å². The van der Waals surface area contributed by atoms with Gasteiger partial charge in [-0.2, -0.15) is 5.10 Å². The molecule has 2 heterocycles. The van der Waals surface area contributed by atoms with Gasteiger partial charge in [-0.3, -0.25) is 4.68 Å². The van der Waals surface area contributed by atoms with Gasteiger partial charge in [0.25, 0.3) is 0 Å². The fraction of sp³-hybridized carbons (Fsp3) is 0.692. The van der Waals surface area contributed by atoms with Crippen LogP contribution in [0.2, 0.25) is 0 Å². The SMILES string of the molecule is CCN(CC)C(=O)N1CCc2c(C)nn(C)c2C1. The molecule has 0 bridgehead atoms. The topological polar surface area (TPSA) is 41.4 Å². The minimum Gasteiger partial charge on any atom is -0.325 e. The van der Waals surface area contributed by atoms with Crippen LogP contribution in [-0.4, -0.2) is 45.2 Å². The summed E-state index contributed by atoms with van der Waals surface area (Å²) >= 11 is 0. The molecule has 0 atom stereocenters. The van der Waals surface area contributed by atoms with Crippen LogP contribution in [-0.2, 0) is 20.0 Å². The zero-order valence-corrected chi connectivity index (χ0v) is 11.7. The van der Waals surface area contributed by atoms with E-state index in [0.717, 1.165) is 31.7 Å². The number of rotatable bonds is 2. The van der Waals surface area contributed by atoms with E-state index in [4.69, 9.17) is 0 Å². The van der Waals surface area contributed by atoms with Gasteiger partial charge in [0.2, 0.25) is 0 Å². The summed E-state index contributed by atoms with van der Waals surface area (Å²) in [4.78, 5) is 16.1. The molecular weight excluding hydrogens is 228 g/mol. The maximum atomic E-state index is 12.3. The summed E-state index contributed by atoms with van der Waals surface area (Å²) < 4.78 is 1.91. The number of urea groups is 1. The van der Waals surface area contributed by atoms with Crippen molar-refractivity contribution >= 4 is 6.03 Å². The van der Waals surface area contributed by atoms with E-state index in [1.165, 1.54) is 11.3 Å². The molecule has 0 aliphatic carbocycles. The van der Waals surface area contributed by atoms with Crippen LogP contribution in [0.4, 0.5) is 4.79 Å². The van der Waals surface area contributed by atoms with Crippen molar-refractivity contribution in [3.63, 3.8) is 0 Å². The number of fused-ring (bicyclic) bond motifs is 1. The second kappa shape index (κ2) is 5.00. The Balaban J connectivity index is 2.17. The maximum absolute atomic E-state index is 12.3. The monoisotopic (exact) mass is 250 g/mol. The number of hydrogen-bond donors (Lipinski definition) is 0. The van der Waals surface area contributed by atoms with E-state index in [9.17, 15) is 4.79 Å². The quantitative estimate of drug-likeness (QED) is 0.799. The van der Waals surface area contributed by atoms with Gasteiger partial charge in [0.1, 0.15) is 0 Å². The molecule has 1 aromatic rings. The number of amides is 2. The van der Waals surface area contributed by atoms with Crippen molar-refractivity contribution in [1.82, 2.24) is 19.6 Å². The van der Waals surface area contributed by atoms with Crippen LogP contribution in [0.25, 0.3) is 0 Å². The number of aromatic nitrogens is 2. The Bertz CT molecular complexity index is 448. The average molecular weight is 250 g/mol. The van der Waals surface area contributed by atoms with Crippen molar-refractivity contribution in [2.75, 3.05) is 19.6 Å². The fourth-order valence-corrected chi connectivity index (χ4v) is 2.64. The van der Waals surface area contributed by atoms with E-state index in [1.807, 2.05) is 42.3 Å². The van der Waals surface area contributed by atoms with Gasteiger partial charge in [0, 0.05) is 26.7 Å². The molecule has 2 rings (SSSR count). The second-order valence-corrected chi connectivity index (χ2v) is 4.76. The molecule has 0 fully saturated rings. The van der Waals surface area contributed by atoms with Gasteiger partial charge in [-0.15, -0.1) is 0 Å². The zero-order valence-electron chi connectivity index (χ0n) is 11.7. The third kappa shape index (κ3) is 2.09. The van der Waals surface area contributed by atoms with Gasteiger partial charge in [-0.1, -0.05) is 0 Å². The summed E-state index contributed by atoms with van der Waals surface area (Å²) in [5.74, 6) is 0. The van der Waals surface area contributed by atoms with Crippen molar-refractivity contribution in [3.8, 4) is 0 Å². The molecule has 0 saturated heterocycles. The Hall–Kier alpha value is -1.52. The highest BCUT2D eigenvalue weighted by molar-refractivity contribution is 5.74. The average Bonchev–Trinajstić information content (AvgIpc) is 2.66. The summed E-state index contributed by atoms with van der Waals surface area (Å²) in [7, 11) is 1.96. The van der Waals surface area contributed by atoms with Crippen LogP contribution in [0.15, 0.2) is 0 Å². The molecule has 5 nitrogen and oxygen atoms in total. The van der Waals surface area contributed by atoms with E-state index < -0.39 is 0 Å². The summed E-state index contributed by atoms with van der Waals surface area (Å²) in [5, 5.41) is 4.44. The molecule has 0 unspecified atom stereocenters. The van der Waals surface area contributed by atoms with Gasteiger partial charge in [-0.25, -0.2) is 4.79 Å². The number of nitrogens with zero attached hydrogens (tertiary/aromatic N) is 4. The molecule has 0 spiro atoms. The molecule has 1 aliphatic rings. The molecule has 1 aromatic heterocycles. The van der Waals surface area contributed by atoms with E-state index in [1.54, 1.807) is 0 Å². The normalized spacial score (nSPS) is 14.6. The lowest BCUT2D eigenvalue weighted by atomic mass is 10.1. The number of aryl methyl sites for hydroxylation is 2. The molecule has 0 N–H and O–H groups in total. The molecule has 0 radical (unpaired) electrons. The third-order valence-corrected chi connectivity index (χ3v) is 3.75. The number of carbonyl (C=O) groups excluding carboxylic acids is 1. The lowest BCUT2D eigenvalue weighted by Gasteiger charge is -2.32. The fourth-order valence-electron chi connectivity index (χ4n) is 2.64. The smallest absolute Gasteiger partial charge is 0.320 e. The molecule has 1 aliphatic heterocycles. The Morgan fingerprint density at radius 2 is 2.06 bits per heavy atom. The Kier molecular flexibility index (Phi) is 3.59. The number of hydrogen-bond acceptors (Lipinski definition) is 2. The predicted octanol–water partition coefficient (Wildman–Crippen LogP) is 1.55. The summed E-state index contributed by atoms with van der Waals surface area (Å²) in [6.45, 7) is 9.10. The Morgan fingerprint density at radius 3 is 2.67 bits per heavy atom. The van der Waals surface area contributed by atoms with Gasteiger partial charge in [0.15, 0.2) is 0 Å². The van der Waals surface area contributed by atoms with Crippen molar-refractivity contribution in [2.45, 2.75) is 33.7 Å². The molecule has 0 aromatic carbocycles. The van der Waals surface area contributed by atoms with Gasteiger partial charge in [0.05, 0.1) is 17.9 Å². The van der Waals surface area contributed by atoms with Crippen molar-refractivity contribution in [2.24, 2.45) is 7.05 Å². The first-order valence-electron chi connectivity index (χ1n) is 6.63. The lowest BCUT2D eigenvalue weighted by Crippen LogP contribution is -2.45. The minimum absolute atomic E-state index is 0.143. The highest BCUT2D eigenvalue weighted by atomic mass is 16.2.